The summed E-state index contributed by atoms with van der Waals surface area (Å²) in [5.41, 5.74) is 0.911. The minimum Gasteiger partial charge on any atom is -0.506 e. The summed E-state index contributed by atoms with van der Waals surface area (Å²) in [6.45, 7) is 5.71. The van der Waals surface area contributed by atoms with E-state index in [0.29, 0.717) is 11.7 Å². The molecule has 2 heterocycles. The van der Waals surface area contributed by atoms with Gasteiger partial charge >= 0.3 is 0 Å². The third kappa shape index (κ3) is 2.91. The fraction of sp³-hybridized carbons (Fsp3) is 0.529. The first-order chi connectivity index (χ1) is 11.2. The Labute approximate surface area is 135 Å². The molecule has 6 heteroatoms. The van der Waals surface area contributed by atoms with Crippen molar-refractivity contribution in [3.63, 3.8) is 0 Å². The van der Waals surface area contributed by atoms with Gasteiger partial charge in [0.2, 0.25) is 5.89 Å². The lowest BCUT2D eigenvalue weighted by atomic mass is 10.2. The number of anilines is 1. The van der Waals surface area contributed by atoms with Gasteiger partial charge in [0.15, 0.2) is 5.82 Å². The second kappa shape index (κ2) is 5.85. The van der Waals surface area contributed by atoms with Gasteiger partial charge in [0.25, 0.3) is 0 Å². The molecule has 0 spiro atoms. The number of hydrogen-bond acceptors (Lipinski definition) is 6. The number of aromatic nitrogens is 2. The van der Waals surface area contributed by atoms with Crippen LogP contribution in [0.3, 0.4) is 0 Å². The molecular formula is C17H22N4O2. The first-order valence-electron chi connectivity index (χ1n) is 8.33. The van der Waals surface area contributed by atoms with E-state index in [1.165, 1.54) is 12.8 Å². The summed E-state index contributed by atoms with van der Waals surface area (Å²) in [7, 11) is 0. The van der Waals surface area contributed by atoms with Crippen LogP contribution in [0, 0.1) is 0 Å². The second-order valence-electron chi connectivity index (χ2n) is 6.45. The van der Waals surface area contributed by atoms with Crippen molar-refractivity contribution in [3.8, 4) is 5.75 Å². The van der Waals surface area contributed by atoms with Gasteiger partial charge in [0, 0.05) is 32.1 Å². The summed E-state index contributed by atoms with van der Waals surface area (Å²) in [6, 6.07) is 7.66. The zero-order chi connectivity index (χ0) is 15.8. The van der Waals surface area contributed by atoms with Gasteiger partial charge in [0.1, 0.15) is 5.75 Å². The van der Waals surface area contributed by atoms with E-state index in [9.17, 15) is 5.11 Å². The van der Waals surface area contributed by atoms with E-state index in [2.05, 4.69) is 26.9 Å². The van der Waals surface area contributed by atoms with Crippen LogP contribution in [-0.4, -0.2) is 46.3 Å². The van der Waals surface area contributed by atoms with Crippen LogP contribution in [0.5, 0.6) is 5.75 Å². The van der Waals surface area contributed by atoms with Crippen molar-refractivity contribution >= 4 is 5.69 Å². The average molecular weight is 314 g/mol. The number of hydrogen-bond donors (Lipinski definition) is 1. The second-order valence-corrected chi connectivity index (χ2v) is 6.45. The first-order valence-corrected chi connectivity index (χ1v) is 8.33. The Morgan fingerprint density at radius 3 is 2.61 bits per heavy atom. The average Bonchev–Trinajstić information content (AvgIpc) is 3.32. The maximum atomic E-state index is 9.99. The summed E-state index contributed by atoms with van der Waals surface area (Å²) in [6.07, 6.45) is 2.37. The fourth-order valence-electron chi connectivity index (χ4n) is 3.16. The van der Waals surface area contributed by atoms with E-state index >= 15 is 0 Å². The molecule has 2 aromatic rings. The number of nitrogens with zero attached hydrogens (tertiary/aromatic N) is 4. The van der Waals surface area contributed by atoms with Gasteiger partial charge in [-0.2, -0.15) is 4.98 Å². The zero-order valence-electron chi connectivity index (χ0n) is 13.4. The van der Waals surface area contributed by atoms with Crippen LogP contribution >= 0.6 is 0 Å². The topological polar surface area (TPSA) is 65.6 Å². The molecule has 1 unspecified atom stereocenters. The van der Waals surface area contributed by atoms with Gasteiger partial charge in [-0.05, 0) is 31.9 Å². The summed E-state index contributed by atoms with van der Waals surface area (Å²) >= 11 is 0. The molecule has 1 aliphatic heterocycles. The molecule has 1 aromatic carbocycles. The molecule has 122 valence electrons. The molecule has 23 heavy (non-hydrogen) atoms. The Kier molecular flexibility index (Phi) is 3.69. The van der Waals surface area contributed by atoms with Crippen LogP contribution < -0.4 is 4.90 Å². The van der Waals surface area contributed by atoms with E-state index in [-0.39, 0.29) is 6.04 Å². The number of para-hydroxylation sites is 2. The highest BCUT2D eigenvalue weighted by Crippen LogP contribution is 2.38. The van der Waals surface area contributed by atoms with Crippen molar-refractivity contribution in [2.75, 3.05) is 31.1 Å². The molecule has 1 aromatic heterocycles. The smallest absolute Gasteiger partial charge is 0.243 e. The lowest BCUT2D eigenvalue weighted by Gasteiger charge is -2.38. The number of phenols is 1. The van der Waals surface area contributed by atoms with Gasteiger partial charge in [0.05, 0.1) is 11.7 Å². The standard InChI is InChI=1S/C17H22N4O2/c1-12(17-18-16(19-23-17)13-6-7-13)20-8-10-21(11-9-20)14-4-2-3-5-15(14)22/h2-5,12-13,22H,6-11H2,1H3. The number of aromatic hydroxyl groups is 1. The molecule has 0 radical (unpaired) electrons. The Hall–Kier alpha value is -2.08. The molecule has 1 saturated heterocycles. The lowest BCUT2D eigenvalue weighted by Crippen LogP contribution is -2.47. The van der Waals surface area contributed by atoms with Crippen molar-refractivity contribution in [3.05, 3.63) is 36.0 Å². The van der Waals surface area contributed by atoms with E-state index < -0.39 is 0 Å². The van der Waals surface area contributed by atoms with Gasteiger partial charge < -0.3 is 14.5 Å². The van der Waals surface area contributed by atoms with E-state index in [1.54, 1.807) is 6.07 Å². The minimum absolute atomic E-state index is 0.140. The molecular weight excluding hydrogens is 292 g/mol. The predicted octanol–water partition coefficient (Wildman–Crippen LogP) is 2.54. The third-order valence-electron chi connectivity index (χ3n) is 4.84. The molecule has 1 N–H and O–H groups in total. The van der Waals surface area contributed by atoms with Crippen LogP contribution in [0.1, 0.15) is 43.4 Å². The number of piperazine rings is 1. The van der Waals surface area contributed by atoms with Crippen LogP contribution in [-0.2, 0) is 0 Å². The molecule has 0 amide bonds. The molecule has 0 bridgehead atoms. The highest BCUT2D eigenvalue weighted by molar-refractivity contribution is 5.57. The molecule has 6 nitrogen and oxygen atoms in total. The number of benzene rings is 1. The number of phenolic OH excluding ortho intramolecular Hbond substituents is 1. The molecule has 1 atom stereocenters. The molecule has 2 aliphatic rings. The van der Waals surface area contributed by atoms with Crippen LogP contribution in [0.4, 0.5) is 5.69 Å². The Bertz CT molecular complexity index is 675. The molecule has 2 fully saturated rings. The first kappa shape index (κ1) is 14.5. The predicted molar refractivity (Wildman–Crippen MR) is 86.6 cm³/mol. The minimum atomic E-state index is 0.140. The summed E-state index contributed by atoms with van der Waals surface area (Å²) in [4.78, 5) is 9.15. The number of rotatable bonds is 4. The van der Waals surface area contributed by atoms with Gasteiger partial charge in [-0.3, -0.25) is 4.90 Å². The van der Waals surface area contributed by atoms with Crippen molar-refractivity contribution in [1.29, 1.82) is 0 Å². The Morgan fingerprint density at radius 1 is 1.17 bits per heavy atom. The third-order valence-corrected chi connectivity index (χ3v) is 4.84. The zero-order valence-corrected chi connectivity index (χ0v) is 13.4. The van der Waals surface area contributed by atoms with Crippen LogP contribution in [0.2, 0.25) is 0 Å². The van der Waals surface area contributed by atoms with Gasteiger partial charge in [-0.15, -0.1) is 0 Å². The Balaban J connectivity index is 1.39. The highest BCUT2D eigenvalue weighted by Gasteiger charge is 2.31. The monoisotopic (exact) mass is 314 g/mol. The summed E-state index contributed by atoms with van der Waals surface area (Å²) < 4.78 is 5.46. The molecule has 4 rings (SSSR count). The van der Waals surface area contributed by atoms with E-state index in [1.807, 2.05) is 18.2 Å². The Morgan fingerprint density at radius 2 is 1.91 bits per heavy atom. The summed E-state index contributed by atoms with van der Waals surface area (Å²) in [5, 5.41) is 14.1. The SMILES string of the molecule is CC(c1nc(C2CC2)no1)N1CCN(c2ccccc2O)CC1. The fourth-order valence-corrected chi connectivity index (χ4v) is 3.16. The maximum absolute atomic E-state index is 9.99. The van der Waals surface area contributed by atoms with Gasteiger partial charge in [-0.25, -0.2) is 0 Å². The largest absolute Gasteiger partial charge is 0.506 e. The quantitative estimate of drug-likeness (QED) is 0.935. The van der Waals surface area contributed by atoms with Crippen molar-refractivity contribution in [2.45, 2.75) is 31.7 Å². The molecule has 1 saturated carbocycles. The summed E-state index contributed by atoms with van der Waals surface area (Å²) in [5.74, 6) is 2.47. The lowest BCUT2D eigenvalue weighted by molar-refractivity contribution is 0.164. The molecule has 1 aliphatic carbocycles. The van der Waals surface area contributed by atoms with E-state index in [4.69, 9.17) is 4.52 Å². The van der Waals surface area contributed by atoms with Crippen LogP contribution in [0.25, 0.3) is 0 Å². The van der Waals surface area contributed by atoms with Crippen molar-refractivity contribution in [2.24, 2.45) is 0 Å². The van der Waals surface area contributed by atoms with Crippen molar-refractivity contribution in [1.82, 2.24) is 15.0 Å². The van der Waals surface area contributed by atoms with E-state index in [0.717, 1.165) is 43.6 Å². The van der Waals surface area contributed by atoms with Gasteiger partial charge in [-0.1, -0.05) is 17.3 Å². The maximum Gasteiger partial charge on any atom is 0.243 e. The van der Waals surface area contributed by atoms with Crippen LogP contribution in [0.15, 0.2) is 28.8 Å². The highest BCUT2D eigenvalue weighted by atomic mass is 16.5. The normalized spacial score (nSPS) is 20.7. The van der Waals surface area contributed by atoms with Crippen molar-refractivity contribution < 1.29 is 9.63 Å².